The highest BCUT2D eigenvalue weighted by Gasteiger charge is 2.19. The van der Waals surface area contributed by atoms with E-state index >= 15 is 0 Å². The van der Waals surface area contributed by atoms with Crippen LogP contribution in [0.5, 0.6) is 0 Å². The number of piperidine rings is 1. The lowest BCUT2D eigenvalue weighted by molar-refractivity contribution is 0.188. The zero-order chi connectivity index (χ0) is 17.1. The van der Waals surface area contributed by atoms with Gasteiger partial charge in [-0.1, -0.05) is 36.4 Å². The number of benzene rings is 2. The first-order valence-electron chi connectivity index (χ1n) is 8.94. The molecule has 1 aliphatic heterocycles. The average molecular weight is 354 g/mol. The molecular weight excluding hydrogens is 331 g/mol. The van der Waals surface area contributed by atoms with Gasteiger partial charge in [0.25, 0.3) is 0 Å². The number of nitrogens with one attached hydrogen (secondary N) is 1. The van der Waals surface area contributed by atoms with Crippen molar-refractivity contribution in [3.8, 4) is 0 Å². The molecule has 0 saturated carbocycles. The molecule has 2 nitrogen and oxygen atoms in total. The first kappa shape index (κ1) is 16.7. The van der Waals surface area contributed by atoms with E-state index in [-0.39, 0.29) is 5.82 Å². The molecule has 3 aromatic rings. The first-order valence-corrected chi connectivity index (χ1v) is 9.82. The van der Waals surface area contributed by atoms with Crippen LogP contribution in [0.1, 0.15) is 24.0 Å². The summed E-state index contributed by atoms with van der Waals surface area (Å²) in [7, 11) is 0. The van der Waals surface area contributed by atoms with Crippen LogP contribution in [-0.2, 0) is 13.1 Å². The van der Waals surface area contributed by atoms with Crippen molar-refractivity contribution in [1.82, 2.24) is 10.2 Å². The van der Waals surface area contributed by atoms with Crippen molar-refractivity contribution < 1.29 is 4.39 Å². The summed E-state index contributed by atoms with van der Waals surface area (Å²) in [4.78, 5) is 2.36. The van der Waals surface area contributed by atoms with E-state index in [1.807, 2.05) is 23.5 Å². The van der Waals surface area contributed by atoms with Gasteiger partial charge in [-0.2, -0.15) is 0 Å². The summed E-state index contributed by atoms with van der Waals surface area (Å²) in [5, 5.41) is 7.36. The van der Waals surface area contributed by atoms with Crippen molar-refractivity contribution in [2.75, 3.05) is 13.1 Å². The second-order valence-electron chi connectivity index (χ2n) is 6.78. The summed E-state index contributed by atoms with van der Waals surface area (Å²) in [6.07, 6.45) is 2.24. The Morgan fingerprint density at radius 3 is 2.60 bits per heavy atom. The van der Waals surface area contributed by atoms with E-state index < -0.39 is 0 Å². The van der Waals surface area contributed by atoms with E-state index in [0.29, 0.717) is 12.6 Å². The lowest BCUT2D eigenvalue weighted by atomic mass is 10.0. The maximum atomic E-state index is 13.8. The van der Waals surface area contributed by atoms with E-state index in [1.165, 1.54) is 15.6 Å². The van der Waals surface area contributed by atoms with Crippen molar-refractivity contribution in [3.05, 3.63) is 70.9 Å². The van der Waals surface area contributed by atoms with Gasteiger partial charge in [0.15, 0.2) is 0 Å². The summed E-state index contributed by atoms with van der Waals surface area (Å²) < 4.78 is 15.1. The fraction of sp³-hybridized carbons (Fsp3) is 0.333. The minimum Gasteiger partial charge on any atom is -0.310 e. The SMILES string of the molecule is Fc1ccccc1CN1CCC(NCc2csc3ccccc23)CC1. The van der Waals surface area contributed by atoms with Gasteiger partial charge in [-0.15, -0.1) is 11.3 Å². The van der Waals surface area contributed by atoms with Crippen LogP contribution in [-0.4, -0.2) is 24.0 Å². The van der Waals surface area contributed by atoms with E-state index in [9.17, 15) is 4.39 Å². The minimum atomic E-state index is -0.0907. The molecule has 1 aromatic heterocycles. The third kappa shape index (κ3) is 3.92. The number of likely N-dealkylation sites (tertiary alicyclic amines) is 1. The Morgan fingerprint density at radius 1 is 1.00 bits per heavy atom. The Bertz CT molecular complexity index is 837. The van der Waals surface area contributed by atoms with Gasteiger partial charge in [0.1, 0.15) is 5.82 Å². The largest absolute Gasteiger partial charge is 0.310 e. The van der Waals surface area contributed by atoms with E-state index in [2.05, 4.69) is 39.9 Å². The van der Waals surface area contributed by atoms with Crippen molar-refractivity contribution in [2.45, 2.75) is 32.0 Å². The molecule has 1 N–H and O–H groups in total. The van der Waals surface area contributed by atoms with Crippen LogP contribution in [0.25, 0.3) is 10.1 Å². The van der Waals surface area contributed by atoms with Crippen LogP contribution < -0.4 is 5.32 Å². The fourth-order valence-electron chi connectivity index (χ4n) is 3.59. The Balaban J connectivity index is 1.28. The Kier molecular flexibility index (Phi) is 5.11. The predicted octanol–water partition coefficient (Wildman–Crippen LogP) is 4.79. The second-order valence-corrected chi connectivity index (χ2v) is 7.69. The number of hydrogen-bond donors (Lipinski definition) is 1. The zero-order valence-corrected chi connectivity index (χ0v) is 15.1. The normalized spacial score (nSPS) is 16.5. The smallest absolute Gasteiger partial charge is 0.127 e. The molecule has 0 unspecified atom stereocenters. The number of rotatable bonds is 5. The number of nitrogens with zero attached hydrogens (tertiary/aromatic N) is 1. The van der Waals surface area contributed by atoms with Crippen molar-refractivity contribution in [1.29, 1.82) is 0 Å². The molecule has 130 valence electrons. The molecule has 0 bridgehead atoms. The summed E-state index contributed by atoms with van der Waals surface area (Å²) >= 11 is 1.82. The molecular formula is C21H23FN2S. The van der Waals surface area contributed by atoms with Crippen LogP contribution in [0.4, 0.5) is 4.39 Å². The molecule has 1 saturated heterocycles. The van der Waals surface area contributed by atoms with Crippen LogP contribution in [0.2, 0.25) is 0 Å². The minimum absolute atomic E-state index is 0.0907. The summed E-state index contributed by atoms with van der Waals surface area (Å²) in [6.45, 7) is 3.70. The molecule has 25 heavy (non-hydrogen) atoms. The topological polar surface area (TPSA) is 15.3 Å². The van der Waals surface area contributed by atoms with Gasteiger partial charge in [-0.05, 0) is 54.4 Å². The lowest BCUT2D eigenvalue weighted by Gasteiger charge is -2.32. The fourth-order valence-corrected chi connectivity index (χ4v) is 4.55. The van der Waals surface area contributed by atoms with Crippen molar-refractivity contribution >= 4 is 21.4 Å². The molecule has 2 heterocycles. The van der Waals surface area contributed by atoms with Crippen LogP contribution in [0, 0.1) is 5.82 Å². The van der Waals surface area contributed by atoms with Gasteiger partial charge in [0.2, 0.25) is 0 Å². The average Bonchev–Trinajstić information content (AvgIpc) is 3.06. The van der Waals surface area contributed by atoms with E-state index in [1.54, 1.807) is 12.1 Å². The van der Waals surface area contributed by atoms with Crippen LogP contribution in [0.3, 0.4) is 0 Å². The van der Waals surface area contributed by atoms with E-state index in [0.717, 1.165) is 38.0 Å². The molecule has 0 aliphatic carbocycles. The molecule has 2 aromatic carbocycles. The highest BCUT2D eigenvalue weighted by Crippen LogP contribution is 2.26. The summed E-state index contributed by atoms with van der Waals surface area (Å²) in [5.41, 5.74) is 2.20. The summed E-state index contributed by atoms with van der Waals surface area (Å²) in [6, 6.07) is 16.3. The van der Waals surface area contributed by atoms with Gasteiger partial charge in [0.05, 0.1) is 0 Å². The number of halogens is 1. The van der Waals surface area contributed by atoms with Gasteiger partial charge in [0, 0.05) is 29.4 Å². The molecule has 1 aliphatic rings. The Labute approximate surface area is 152 Å². The number of thiophene rings is 1. The van der Waals surface area contributed by atoms with Gasteiger partial charge in [-0.25, -0.2) is 4.39 Å². The summed E-state index contributed by atoms with van der Waals surface area (Å²) in [5.74, 6) is -0.0907. The highest BCUT2D eigenvalue weighted by atomic mass is 32.1. The van der Waals surface area contributed by atoms with Crippen LogP contribution in [0.15, 0.2) is 53.9 Å². The Morgan fingerprint density at radius 2 is 1.76 bits per heavy atom. The number of hydrogen-bond acceptors (Lipinski definition) is 3. The lowest BCUT2D eigenvalue weighted by Crippen LogP contribution is -2.41. The predicted molar refractivity (Wildman–Crippen MR) is 103 cm³/mol. The van der Waals surface area contributed by atoms with Crippen molar-refractivity contribution in [3.63, 3.8) is 0 Å². The molecule has 1 fully saturated rings. The molecule has 0 radical (unpaired) electrons. The zero-order valence-electron chi connectivity index (χ0n) is 14.2. The van der Waals surface area contributed by atoms with Crippen molar-refractivity contribution in [2.24, 2.45) is 0 Å². The molecule has 4 heteroatoms. The Hall–Kier alpha value is -1.75. The first-order chi connectivity index (χ1) is 12.3. The van der Waals surface area contributed by atoms with E-state index in [4.69, 9.17) is 0 Å². The monoisotopic (exact) mass is 354 g/mol. The van der Waals surface area contributed by atoms with Gasteiger partial charge in [-0.3, -0.25) is 4.90 Å². The van der Waals surface area contributed by atoms with Gasteiger partial charge >= 0.3 is 0 Å². The maximum absolute atomic E-state index is 13.8. The maximum Gasteiger partial charge on any atom is 0.127 e. The second kappa shape index (κ2) is 7.65. The third-order valence-electron chi connectivity index (χ3n) is 5.08. The molecule has 0 amide bonds. The number of fused-ring (bicyclic) bond motifs is 1. The third-order valence-corrected chi connectivity index (χ3v) is 6.09. The standard InChI is InChI=1S/C21H23FN2S/c22-20-7-3-1-5-16(20)14-24-11-9-18(10-12-24)23-13-17-15-25-21-8-4-2-6-19(17)21/h1-8,15,18,23H,9-14H2. The molecule has 0 atom stereocenters. The van der Waals surface area contributed by atoms with Crippen LogP contribution >= 0.6 is 11.3 Å². The highest BCUT2D eigenvalue weighted by molar-refractivity contribution is 7.17. The quantitative estimate of drug-likeness (QED) is 0.708. The molecule has 4 rings (SSSR count). The van der Waals surface area contributed by atoms with Gasteiger partial charge < -0.3 is 5.32 Å². The molecule has 0 spiro atoms.